The zero-order valence-electron chi connectivity index (χ0n) is 9.27. The molecule has 0 heterocycles. The van der Waals surface area contributed by atoms with E-state index in [1.807, 2.05) is 49.4 Å². The number of para-hydroxylation sites is 1. The van der Waals surface area contributed by atoms with Crippen molar-refractivity contribution in [2.45, 2.75) is 6.92 Å². The van der Waals surface area contributed by atoms with Crippen LogP contribution < -0.4 is 4.74 Å². The SMILES string of the molecule is Cc1cc(Oc2ccccc2)c(I)cc1C#N. The molecule has 0 N–H and O–H groups in total. The molecule has 2 aromatic carbocycles. The van der Waals surface area contributed by atoms with E-state index in [9.17, 15) is 0 Å². The number of nitrogens with zero attached hydrogens (tertiary/aromatic N) is 1. The van der Waals surface area contributed by atoms with Gasteiger partial charge in [0, 0.05) is 0 Å². The van der Waals surface area contributed by atoms with Crippen LogP contribution in [0.5, 0.6) is 11.5 Å². The van der Waals surface area contributed by atoms with Crippen LogP contribution in [0.4, 0.5) is 0 Å². The maximum atomic E-state index is 8.93. The minimum absolute atomic E-state index is 0.690. The zero-order valence-corrected chi connectivity index (χ0v) is 11.4. The highest BCUT2D eigenvalue weighted by Gasteiger charge is 2.07. The molecule has 0 spiro atoms. The van der Waals surface area contributed by atoms with E-state index in [-0.39, 0.29) is 0 Å². The van der Waals surface area contributed by atoms with Crippen LogP contribution in [0.3, 0.4) is 0 Å². The van der Waals surface area contributed by atoms with E-state index in [0.29, 0.717) is 5.56 Å². The number of ether oxygens (including phenoxy) is 1. The summed E-state index contributed by atoms with van der Waals surface area (Å²) in [5, 5.41) is 8.93. The van der Waals surface area contributed by atoms with Gasteiger partial charge in [0.15, 0.2) is 0 Å². The fraction of sp³-hybridized carbons (Fsp3) is 0.0714. The number of nitriles is 1. The first kappa shape index (κ1) is 11.9. The average Bonchev–Trinajstić information content (AvgIpc) is 2.34. The number of halogens is 1. The number of rotatable bonds is 2. The van der Waals surface area contributed by atoms with Crippen LogP contribution in [0, 0.1) is 21.8 Å². The second-order valence-electron chi connectivity index (χ2n) is 3.62. The maximum Gasteiger partial charge on any atom is 0.141 e. The molecule has 0 radical (unpaired) electrons. The normalized spacial score (nSPS) is 9.71. The first-order valence-corrected chi connectivity index (χ1v) is 6.21. The monoisotopic (exact) mass is 335 g/mol. The van der Waals surface area contributed by atoms with Crippen molar-refractivity contribution in [3.05, 3.63) is 57.2 Å². The van der Waals surface area contributed by atoms with Crippen molar-refractivity contribution >= 4 is 22.6 Å². The van der Waals surface area contributed by atoms with Gasteiger partial charge >= 0.3 is 0 Å². The molecule has 2 aromatic rings. The highest BCUT2D eigenvalue weighted by Crippen LogP contribution is 2.29. The molecule has 0 unspecified atom stereocenters. The second-order valence-corrected chi connectivity index (χ2v) is 4.79. The Balaban J connectivity index is 2.35. The van der Waals surface area contributed by atoms with E-state index in [0.717, 1.165) is 20.6 Å². The van der Waals surface area contributed by atoms with E-state index < -0.39 is 0 Å². The Morgan fingerprint density at radius 1 is 1.18 bits per heavy atom. The van der Waals surface area contributed by atoms with Crippen molar-refractivity contribution < 1.29 is 4.74 Å². The molecule has 0 saturated heterocycles. The zero-order chi connectivity index (χ0) is 12.3. The van der Waals surface area contributed by atoms with Crippen molar-refractivity contribution in [3.8, 4) is 17.6 Å². The average molecular weight is 335 g/mol. The predicted molar refractivity (Wildman–Crippen MR) is 75.1 cm³/mol. The highest BCUT2D eigenvalue weighted by molar-refractivity contribution is 14.1. The summed E-state index contributed by atoms with van der Waals surface area (Å²) >= 11 is 2.18. The summed E-state index contributed by atoms with van der Waals surface area (Å²) in [4.78, 5) is 0. The van der Waals surface area contributed by atoms with E-state index >= 15 is 0 Å². The largest absolute Gasteiger partial charge is 0.456 e. The van der Waals surface area contributed by atoms with Gasteiger partial charge in [0.1, 0.15) is 11.5 Å². The summed E-state index contributed by atoms with van der Waals surface area (Å²) in [7, 11) is 0. The summed E-state index contributed by atoms with van der Waals surface area (Å²) in [6.07, 6.45) is 0. The molecule has 0 amide bonds. The number of benzene rings is 2. The first-order chi connectivity index (χ1) is 8.20. The van der Waals surface area contributed by atoms with Crippen molar-refractivity contribution in [1.82, 2.24) is 0 Å². The lowest BCUT2D eigenvalue weighted by molar-refractivity contribution is 0.479. The fourth-order valence-electron chi connectivity index (χ4n) is 1.47. The van der Waals surface area contributed by atoms with Gasteiger partial charge in [-0.15, -0.1) is 0 Å². The molecule has 0 fully saturated rings. The molecule has 17 heavy (non-hydrogen) atoms. The lowest BCUT2D eigenvalue weighted by Crippen LogP contribution is -1.91. The highest BCUT2D eigenvalue weighted by atomic mass is 127. The lowest BCUT2D eigenvalue weighted by atomic mass is 10.1. The molecule has 2 nitrogen and oxygen atoms in total. The van der Waals surface area contributed by atoms with Crippen LogP contribution in [0.1, 0.15) is 11.1 Å². The summed E-state index contributed by atoms with van der Waals surface area (Å²) < 4.78 is 6.71. The van der Waals surface area contributed by atoms with Gasteiger partial charge in [-0.25, -0.2) is 0 Å². The molecular formula is C14H10INO. The summed E-state index contributed by atoms with van der Waals surface area (Å²) in [6, 6.07) is 15.5. The third kappa shape index (κ3) is 2.77. The molecule has 0 bridgehead atoms. The molecular weight excluding hydrogens is 325 g/mol. The molecule has 2 rings (SSSR count). The molecule has 0 aliphatic heterocycles. The number of hydrogen-bond acceptors (Lipinski definition) is 2. The van der Waals surface area contributed by atoms with E-state index in [2.05, 4.69) is 28.7 Å². The molecule has 0 aliphatic carbocycles. The van der Waals surface area contributed by atoms with Crippen LogP contribution in [0.2, 0.25) is 0 Å². The standard InChI is InChI=1S/C14H10INO/c1-10-7-14(13(15)8-11(10)9-16)17-12-5-3-2-4-6-12/h2-8H,1H3. The van der Waals surface area contributed by atoms with Gasteiger partial charge in [0.05, 0.1) is 15.2 Å². The molecule has 0 atom stereocenters. The summed E-state index contributed by atoms with van der Waals surface area (Å²) in [5.41, 5.74) is 1.62. The van der Waals surface area contributed by atoms with Crippen molar-refractivity contribution in [2.24, 2.45) is 0 Å². The summed E-state index contributed by atoms with van der Waals surface area (Å²) in [6.45, 7) is 1.91. The number of hydrogen-bond donors (Lipinski definition) is 0. The third-order valence-electron chi connectivity index (χ3n) is 2.37. The van der Waals surface area contributed by atoms with Crippen molar-refractivity contribution in [3.63, 3.8) is 0 Å². The van der Waals surface area contributed by atoms with Crippen LogP contribution in [-0.4, -0.2) is 0 Å². The van der Waals surface area contributed by atoms with E-state index in [1.165, 1.54) is 0 Å². The molecule has 3 heteroatoms. The number of aryl methyl sites for hydroxylation is 1. The van der Waals surface area contributed by atoms with Gasteiger partial charge in [-0.05, 0) is 59.3 Å². The van der Waals surface area contributed by atoms with Crippen molar-refractivity contribution in [2.75, 3.05) is 0 Å². The minimum Gasteiger partial charge on any atom is -0.456 e. The quantitative estimate of drug-likeness (QED) is 0.768. The first-order valence-electron chi connectivity index (χ1n) is 5.14. The van der Waals surface area contributed by atoms with Crippen LogP contribution >= 0.6 is 22.6 Å². The Hall–Kier alpha value is -1.54. The van der Waals surface area contributed by atoms with E-state index in [4.69, 9.17) is 10.00 Å². The van der Waals surface area contributed by atoms with Crippen LogP contribution in [-0.2, 0) is 0 Å². The molecule has 84 valence electrons. The lowest BCUT2D eigenvalue weighted by Gasteiger charge is -2.09. The smallest absolute Gasteiger partial charge is 0.141 e. The van der Waals surface area contributed by atoms with Crippen molar-refractivity contribution in [1.29, 1.82) is 5.26 Å². The van der Waals surface area contributed by atoms with Gasteiger partial charge in [-0.3, -0.25) is 0 Å². The molecule has 0 aliphatic rings. The molecule has 0 saturated carbocycles. The Morgan fingerprint density at radius 3 is 2.53 bits per heavy atom. The van der Waals surface area contributed by atoms with Gasteiger partial charge in [-0.2, -0.15) is 5.26 Å². The van der Waals surface area contributed by atoms with E-state index in [1.54, 1.807) is 0 Å². The summed E-state index contributed by atoms with van der Waals surface area (Å²) in [5.74, 6) is 1.59. The predicted octanol–water partition coefficient (Wildman–Crippen LogP) is 4.26. The minimum atomic E-state index is 0.690. The van der Waals surface area contributed by atoms with Crippen LogP contribution in [0.15, 0.2) is 42.5 Å². The maximum absolute atomic E-state index is 8.93. The Bertz CT molecular complexity index is 573. The molecule has 0 aromatic heterocycles. The van der Waals surface area contributed by atoms with Crippen LogP contribution in [0.25, 0.3) is 0 Å². The topological polar surface area (TPSA) is 33.0 Å². The third-order valence-corrected chi connectivity index (χ3v) is 3.21. The Kier molecular flexibility index (Phi) is 3.64. The van der Waals surface area contributed by atoms with Gasteiger partial charge < -0.3 is 4.74 Å². The van der Waals surface area contributed by atoms with Gasteiger partial charge in [-0.1, -0.05) is 18.2 Å². The fourth-order valence-corrected chi connectivity index (χ4v) is 2.05. The van der Waals surface area contributed by atoms with Gasteiger partial charge in [0.25, 0.3) is 0 Å². The second kappa shape index (κ2) is 5.19. The Labute approximate surface area is 114 Å². The van der Waals surface area contributed by atoms with Gasteiger partial charge in [0.2, 0.25) is 0 Å². The Morgan fingerprint density at radius 2 is 1.88 bits per heavy atom.